The number of hydrogen-bond acceptors (Lipinski definition) is 9. The van der Waals surface area contributed by atoms with E-state index in [2.05, 4.69) is 20.3 Å². The number of nitrogens with zero attached hydrogens (tertiary/aromatic N) is 3. The monoisotopic (exact) mass is 472 g/mol. The van der Waals surface area contributed by atoms with Crippen LogP contribution in [0.25, 0.3) is 0 Å². The first-order valence-corrected chi connectivity index (χ1v) is 12.6. The van der Waals surface area contributed by atoms with E-state index in [-0.39, 0.29) is 17.3 Å². The molecule has 2 rings (SSSR count). The van der Waals surface area contributed by atoms with Gasteiger partial charge in [-0.15, -0.1) is 10.2 Å². The quantitative estimate of drug-likeness (QED) is 0.336. The number of aromatic nitrogens is 2. The standard InChI is InChI=1S/C18H24N4O5S3/c1-6-14(22(30(5,25)26)13-8-11(2)7-12(3)9-13)16(24)19-17-20-21-18(29-17)28-10-15(23)27-4/h7-9,14H,6,10H2,1-5H3,(H,19,20,24). The van der Waals surface area contributed by atoms with E-state index in [0.717, 1.165) is 44.8 Å². The number of amides is 1. The van der Waals surface area contributed by atoms with Crippen LogP contribution in [0.1, 0.15) is 24.5 Å². The molecule has 0 saturated carbocycles. The van der Waals surface area contributed by atoms with Crippen LogP contribution in [0.2, 0.25) is 0 Å². The Balaban J connectivity index is 2.24. The third kappa shape index (κ3) is 6.41. The van der Waals surface area contributed by atoms with Crippen LogP contribution in [0.4, 0.5) is 10.8 Å². The smallest absolute Gasteiger partial charge is 0.316 e. The lowest BCUT2D eigenvalue weighted by molar-refractivity contribution is -0.137. The molecule has 0 fully saturated rings. The Labute approximate surface area is 184 Å². The van der Waals surface area contributed by atoms with Crippen LogP contribution in [0.15, 0.2) is 22.5 Å². The summed E-state index contributed by atoms with van der Waals surface area (Å²) >= 11 is 2.23. The number of methoxy groups -OCH3 is 1. The summed E-state index contributed by atoms with van der Waals surface area (Å²) in [5, 5.41) is 10.7. The van der Waals surface area contributed by atoms with Crippen molar-refractivity contribution < 1.29 is 22.7 Å². The number of esters is 1. The first kappa shape index (κ1) is 24.1. The molecule has 0 bridgehead atoms. The average molecular weight is 473 g/mol. The fraction of sp³-hybridized carbons (Fsp3) is 0.444. The number of anilines is 2. The van der Waals surface area contributed by atoms with E-state index in [1.807, 2.05) is 19.9 Å². The summed E-state index contributed by atoms with van der Waals surface area (Å²) in [5.74, 6) is -0.836. The normalized spacial score (nSPS) is 12.3. The summed E-state index contributed by atoms with van der Waals surface area (Å²) in [6, 6.07) is 4.43. The second-order valence-electron chi connectivity index (χ2n) is 6.56. The molecule has 12 heteroatoms. The maximum absolute atomic E-state index is 12.9. The zero-order chi connectivity index (χ0) is 22.5. The van der Waals surface area contributed by atoms with Gasteiger partial charge in [-0.05, 0) is 43.5 Å². The minimum Gasteiger partial charge on any atom is -0.468 e. The fourth-order valence-corrected chi connectivity index (χ4v) is 5.61. The van der Waals surface area contributed by atoms with Gasteiger partial charge in [0.15, 0.2) is 4.34 Å². The highest BCUT2D eigenvalue weighted by Gasteiger charge is 2.32. The van der Waals surface area contributed by atoms with Crippen LogP contribution in [0.3, 0.4) is 0 Å². The Hall–Kier alpha value is -2.18. The van der Waals surface area contributed by atoms with E-state index >= 15 is 0 Å². The van der Waals surface area contributed by atoms with Crippen LogP contribution >= 0.6 is 23.1 Å². The Kier molecular flexibility index (Phi) is 8.21. The summed E-state index contributed by atoms with van der Waals surface area (Å²) in [5.41, 5.74) is 2.22. The first-order valence-electron chi connectivity index (χ1n) is 8.96. The van der Waals surface area contributed by atoms with E-state index in [1.165, 1.54) is 7.11 Å². The molecule has 0 saturated heterocycles. The molecule has 1 heterocycles. The molecule has 1 N–H and O–H groups in total. The maximum Gasteiger partial charge on any atom is 0.316 e. The number of carbonyl (C=O) groups is 2. The summed E-state index contributed by atoms with van der Waals surface area (Å²) in [6.45, 7) is 5.47. The number of ether oxygens (including phenoxy) is 1. The molecule has 2 aromatic rings. The lowest BCUT2D eigenvalue weighted by atomic mass is 10.1. The largest absolute Gasteiger partial charge is 0.468 e. The van der Waals surface area contributed by atoms with Crippen molar-refractivity contribution in [1.29, 1.82) is 0 Å². The van der Waals surface area contributed by atoms with Crippen molar-refractivity contribution in [3.63, 3.8) is 0 Å². The van der Waals surface area contributed by atoms with E-state index < -0.39 is 27.9 Å². The van der Waals surface area contributed by atoms with Crippen LogP contribution in [0, 0.1) is 13.8 Å². The highest BCUT2D eigenvalue weighted by Crippen LogP contribution is 2.28. The molecule has 0 radical (unpaired) electrons. The van der Waals surface area contributed by atoms with E-state index in [9.17, 15) is 18.0 Å². The van der Waals surface area contributed by atoms with Gasteiger partial charge in [-0.25, -0.2) is 8.42 Å². The summed E-state index contributed by atoms with van der Waals surface area (Å²) < 4.78 is 31.3. The first-order chi connectivity index (χ1) is 14.0. The minimum absolute atomic E-state index is 0.0746. The van der Waals surface area contributed by atoms with Crippen molar-refractivity contribution in [3.8, 4) is 0 Å². The van der Waals surface area contributed by atoms with E-state index in [1.54, 1.807) is 19.1 Å². The van der Waals surface area contributed by atoms with Gasteiger partial charge in [-0.3, -0.25) is 19.2 Å². The molecule has 1 unspecified atom stereocenters. The van der Waals surface area contributed by atoms with Gasteiger partial charge >= 0.3 is 5.97 Å². The summed E-state index contributed by atoms with van der Waals surface area (Å²) in [6.07, 6.45) is 1.34. The molecular formula is C18H24N4O5S3. The van der Waals surface area contributed by atoms with Gasteiger partial charge in [0, 0.05) is 0 Å². The highest BCUT2D eigenvalue weighted by atomic mass is 32.2. The Morgan fingerprint density at radius 2 is 1.87 bits per heavy atom. The lowest BCUT2D eigenvalue weighted by Crippen LogP contribution is -2.47. The number of sulfonamides is 1. The van der Waals surface area contributed by atoms with Crippen LogP contribution in [0.5, 0.6) is 0 Å². The number of hydrogen-bond donors (Lipinski definition) is 1. The Morgan fingerprint density at radius 3 is 2.40 bits per heavy atom. The molecule has 0 aliphatic carbocycles. The van der Waals surface area contributed by atoms with Crippen molar-refractivity contribution in [2.75, 3.05) is 28.7 Å². The van der Waals surface area contributed by atoms with Crippen LogP contribution in [-0.4, -0.2) is 55.7 Å². The maximum atomic E-state index is 12.9. The molecule has 1 aromatic carbocycles. The number of benzene rings is 1. The van der Waals surface area contributed by atoms with Gasteiger partial charge in [0.1, 0.15) is 6.04 Å². The lowest BCUT2D eigenvalue weighted by Gasteiger charge is -2.30. The van der Waals surface area contributed by atoms with Gasteiger partial charge in [0.25, 0.3) is 0 Å². The number of rotatable bonds is 9. The second kappa shape index (κ2) is 10.2. The minimum atomic E-state index is -3.73. The highest BCUT2D eigenvalue weighted by molar-refractivity contribution is 8.01. The van der Waals surface area contributed by atoms with Crippen molar-refractivity contribution in [2.24, 2.45) is 0 Å². The molecule has 9 nitrogen and oxygen atoms in total. The predicted molar refractivity (Wildman–Crippen MR) is 119 cm³/mol. The molecule has 30 heavy (non-hydrogen) atoms. The zero-order valence-electron chi connectivity index (χ0n) is 17.3. The van der Waals surface area contributed by atoms with Gasteiger partial charge in [-0.2, -0.15) is 0 Å². The van der Waals surface area contributed by atoms with Crippen LogP contribution in [-0.2, 0) is 24.3 Å². The van der Waals surface area contributed by atoms with E-state index in [4.69, 9.17) is 0 Å². The Morgan fingerprint density at radius 1 is 1.23 bits per heavy atom. The number of thioether (sulfide) groups is 1. The van der Waals surface area contributed by atoms with Gasteiger partial charge in [0.2, 0.25) is 21.1 Å². The second-order valence-corrected chi connectivity index (χ2v) is 10.6. The van der Waals surface area contributed by atoms with Gasteiger partial charge in [-0.1, -0.05) is 36.1 Å². The Bertz CT molecular complexity index is 1000. The SMILES string of the molecule is CCC(C(=O)Nc1nnc(SCC(=O)OC)s1)N(c1cc(C)cc(C)c1)S(C)(=O)=O. The van der Waals surface area contributed by atoms with Gasteiger partial charge < -0.3 is 4.74 Å². The predicted octanol–water partition coefficient (Wildman–Crippen LogP) is 2.60. The molecule has 0 spiro atoms. The topological polar surface area (TPSA) is 119 Å². The summed E-state index contributed by atoms with van der Waals surface area (Å²) in [7, 11) is -2.44. The molecule has 1 atom stereocenters. The third-order valence-corrected chi connectivity index (χ3v) is 7.09. The fourth-order valence-electron chi connectivity index (χ4n) is 2.83. The van der Waals surface area contributed by atoms with Crippen LogP contribution < -0.4 is 9.62 Å². The van der Waals surface area contributed by atoms with Crippen molar-refractivity contribution in [2.45, 2.75) is 37.6 Å². The van der Waals surface area contributed by atoms with Crippen molar-refractivity contribution >= 4 is 55.8 Å². The van der Waals surface area contributed by atoms with Crippen molar-refractivity contribution in [1.82, 2.24) is 10.2 Å². The number of aryl methyl sites for hydroxylation is 2. The number of carbonyl (C=O) groups excluding carboxylic acids is 2. The molecular weight excluding hydrogens is 448 g/mol. The molecule has 1 amide bonds. The number of nitrogens with one attached hydrogen (secondary N) is 1. The van der Waals surface area contributed by atoms with Gasteiger partial charge in [0.05, 0.1) is 24.8 Å². The summed E-state index contributed by atoms with van der Waals surface area (Å²) in [4.78, 5) is 24.2. The third-order valence-electron chi connectivity index (χ3n) is 3.97. The van der Waals surface area contributed by atoms with E-state index in [0.29, 0.717) is 10.0 Å². The molecule has 0 aliphatic rings. The zero-order valence-corrected chi connectivity index (χ0v) is 19.8. The molecule has 164 valence electrons. The average Bonchev–Trinajstić information content (AvgIpc) is 3.09. The van der Waals surface area contributed by atoms with Crippen molar-refractivity contribution in [3.05, 3.63) is 29.3 Å². The molecule has 1 aromatic heterocycles. The molecule has 0 aliphatic heterocycles.